The van der Waals surface area contributed by atoms with Crippen LogP contribution in [-0.2, 0) is 26.1 Å². The number of hydrogen-bond donors (Lipinski definition) is 1. The molecule has 1 aliphatic heterocycles. The lowest BCUT2D eigenvalue weighted by Gasteiger charge is -2.20. The summed E-state index contributed by atoms with van der Waals surface area (Å²) in [7, 11) is -7.13. The Morgan fingerprint density at radius 3 is 2.25 bits per heavy atom. The van der Waals surface area contributed by atoms with E-state index in [2.05, 4.69) is 5.32 Å². The predicted molar refractivity (Wildman–Crippen MR) is 112 cm³/mol. The number of nitrogens with one attached hydrogen (secondary N) is 1. The van der Waals surface area contributed by atoms with Crippen LogP contribution in [0.25, 0.3) is 0 Å². The molecule has 1 fully saturated rings. The second kappa shape index (κ2) is 8.35. The van der Waals surface area contributed by atoms with Crippen LogP contribution >= 0.6 is 0 Å². The number of benzene rings is 2. The van der Waals surface area contributed by atoms with Crippen LogP contribution in [0, 0.1) is 0 Å². The van der Waals surface area contributed by atoms with E-state index >= 15 is 0 Å². The van der Waals surface area contributed by atoms with Crippen LogP contribution in [0.2, 0.25) is 0 Å². The Morgan fingerprint density at radius 2 is 1.64 bits per heavy atom. The first-order valence-electron chi connectivity index (χ1n) is 9.50. The highest BCUT2D eigenvalue weighted by molar-refractivity contribution is 7.96. The molecule has 0 amide bonds. The van der Waals surface area contributed by atoms with Gasteiger partial charge in [0.25, 0.3) is 0 Å². The molecule has 2 aromatic carbocycles. The molecule has 0 bridgehead atoms. The summed E-state index contributed by atoms with van der Waals surface area (Å²) >= 11 is 0. The molecular weight excluding hydrogens is 394 g/mol. The molecule has 2 atom stereocenters. The van der Waals surface area contributed by atoms with Crippen molar-refractivity contribution in [2.75, 3.05) is 18.1 Å². The quantitative estimate of drug-likeness (QED) is 0.743. The van der Waals surface area contributed by atoms with Gasteiger partial charge >= 0.3 is 0 Å². The van der Waals surface area contributed by atoms with E-state index in [1.165, 1.54) is 0 Å². The van der Waals surface area contributed by atoms with E-state index in [9.17, 15) is 16.8 Å². The largest absolute Gasteiger partial charge is 0.311 e. The number of hydrogen-bond acceptors (Lipinski definition) is 5. The summed E-state index contributed by atoms with van der Waals surface area (Å²) in [5, 5.41) is 2.22. The Labute approximate surface area is 168 Å². The average Bonchev–Trinajstić information content (AvgIpc) is 2.98. The number of sulfone groups is 2. The van der Waals surface area contributed by atoms with Gasteiger partial charge in [-0.15, -0.1) is 0 Å². The van der Waals surface area contributed by atoms with Crippen molar-refractivity contribution in [3.63, 3.8) is 0 Å². The highest BCUT2D eigenvalue weighted by Gasteiger charge is 2.45. The van der Waals surface area contributed by atoms with Crippen LogP contribution in [-0.4, -0.2) is 46.2 Å². The van der Waals surface area contributed by atoms with Gasteiger partial charge in [0.15, 0.2) is 19.7 Å². The van der Waals surface area contributed by atoms with E-state index < -0.39 is 31.0 Å². The molecule has 0 spiro atoms. The predicted octanol–water partition coefficient (Wildman–Crippen LogP) is 2.58. The van der Waals surface area contributed by atoms with E-state index in [4.69, 9.17) is 0 Å². The zero-order valence-corrected chi connectivity index (χ0v) is 17.8. The van der Waals surface area contributed by atoms with Crippen LogP contribution in [0.3, 0.4) is 0 Å². The lowest BCUT2D eigenvalue weighted by molar-refractivity contribution is 0.528. The molecule has 2 aromatic rings. The molecule has 1 heterocycles. The van der Waals surface area contributed by atoms with Crippen LogP contribution in [0.4, 0.5) is 0 Å². The highest BCUT2D eigenvalue weighted by Crippen LogP contribution is 2.27. The smallest absolute Gasteiger partial charge is 0.183 e. The van der Waals surface area contributed by atoms with Gasteiger partial charge in [0.2, 0.25) is 0 Å². The summed E-state index contributed by atoms with van der Waals surface area (Å²) < 4.78 is 50.7. The summed E-state index contributed by atoms with van der Waals surface area (Å²) in [6.07, 6.45) is 0.716. The van der Waals surface area contributed by atoms with Gasteiger partial charge in [-0.25, -0.2) is 16.8 Å². The molecular formula is C21H27NO4S2. The molecule has 1 N–H and O–H groups in total. The molecule has 152 valence electrons. The van der Waals surface area contributed by atoms with Crippen molar-refractivity contribution >= 4 is 19.7 Å². The second-order valence-electron chi connectivity index (χ2n) is 7.68. The van der Waals surface area contributed by atoms with Crippen molar-refractivity contribution in [2.24, 2.45) is 0 Å². The van der Waals surface area contributed by atoms with E-state index in [1.807, 2.05) is 44.2 Å². The topological polar surface area (TPSA) is 80.3 Å². The van der Waals surface area contributed by atoms with Crippen LogP contribution in [0.15, 0.2) is 59.5 Å². The maximum Gasteiger partial charge on any atom is 0.183 e. The first kappa shape index (κ1) is 21.0. The zero-order chi connectivity index (χ0) is 20.4. The molecule has 7 heteroatoms. The van der Waals surface area contributed by atoms with Crippen molar-refractivity contribution in [3.05, 3.63) is 65.7 Å². The summed E-state index contributed by atoms with van der Waals surface area (Å²) in [5.41, 5.74) is 2.18. The van der Waals surface area contributed by atoms with Crippen LogP contribution in [0.5, 0.6) is 0 Å². The van der Waals surface area contributed by atoms with E-state index in [0.29, 0.717) is 18.9 Å². The third-order valence-corrected chi connectivity index (χ3v) is 9.40. The molecule has 0 saturated carbocycles. The monoisotopic (exact) mass is 421 g/mol. The van der Waals surface area contributed by atoms with E-state index in [0.717, 1.165) is 11.1 Å². The normalized spacial score (nSPS) is 21.8. The molecule has 1 saturated heterocycles. The third kappa shape index (κ3) is 4.82. The van der Waals surface area contributed by atoms with Gasteiger partial charge in [-0.3, -0.25) is 0 Å². The van der Waals surface area contributed by atoms with Crippen molar-refractivity contribution in [2.45, 2.75) is 42.4 Å². The molecule has 5 nitrogen and oxygen atoms in total. The maximum atomic E-state index is 13.1. The highest BCUT2D eigenvalue weighted by atomic mass is 32.2. The molecule has 0 aromatic heterocycles. The molecule has 1 aliphatic rings. The van der Waals surface area contributed by atoms with Gasteiger partial charge in [-0.2, -0.15) is 0 Å². The Bertz CT molecular complexity index is 998. The van der Waals surface area contributed by atoms with Crippen molar-refractivity contribution in [1.82, 2.24) is 5.32 Å². The zero-order valence-electron chi connectivity index (χ0n) is 16.2. The van der Waals surface area contributed by atoms with Gasteiger partial charge in [0.05, 0.1) is 21.7 Å². The lowest BCUT2D eigenvalue weighted by atomic mass is 10.0. The SMILES string of the molecule is CC(C)c1ccc(S(=O)(=O)[C@H]2CS(=O)(=O)C[C@@H]2NCCc2ccccc2)cc1. The van der Waals surface area contributed by atoms with Gasteiger partial charge in [0.1, 0.15) is 0 Å². The fourth-order valence-electron chi connectivity index (χ4n) is 3.58. The first-order valence-corrected chi connectivity index (χ1v) is 12.9. The van der Waals surface area contributed by atoms with Gasteiger partial charge in [-0.05, 0) is 42.1 Å². The van der Waals surface area contributed by atoms with Crippen molar-refractivity contribution < 1.29 is 16.8 Å². The summed E-state index contributed by atoms with van der Waals surface area (Å²) in [6, 6.07) is 16.0. The van der Waals surface area contributed by atoms with Gasteiger partial charge in [-0.1, -0.05) is 56.3 Å². The first-order chi connectivity index (χ1) is 13.2. The van der Waals surface area contributed by atoms with Crippen LogP contribution in [0.1, 0.15) is 30.9 Å². The maximum absolute atomic E-state index is 13.1. The fraction of sp³-hybridized carbons (Fsp3) is 0.429. The van der Waals surface area contributed by atoms with Crippen molar-refractivity contribution in [1.29, 1.82) is 0 Å². The minimum atomic E-state index is -3.74. The summed E-state index contributed by atoms with van der Waals surface area (Å²) in [6.45, 7) is 4.61. The molecule has 0 unspecified atom stereocenters. The summed E-state index contributed by atoms with van der Waals surface area (Å²) in [5.74, 6) is -0.170. The molecule has 0 radical (unpaired) electrons. The Kier molecular flexibility index (Phi) is 6.27. The standard InChI is InChI=1S/C21H27NO4S2/c1-16(2)18-8-10-19(11-9-18)28(25,26)21-15-27(23,24)14-20(21)22-13-12-17-6-4-3-5-7-17/h3-11,16,20-22H,12-15H2,1-2H3/t20-,21-/m0/s1. The third-order valence-electron chi connectivity index (χ3n) is 5.24. The summed E-state index contributed by atoms with van der Waals surface area (Å²) in [4.78, 5) is 0.189. The minimum Gasteiger partial charge on any atom is -0.311 e. The minimum absolute atomic E-state index is 0.143. The average molecular weight is 422 g/mol. The Morgan fingerprint density at radius 1 is 1.00 bits per heavy atom. The second-order valence-corrected chi connectivity index (χ2v) is 12.0. The lowest BCUT2D eigenvalue weighted by Crippen LogP contribution is -2.44. The van der Waals surface area contributed by atoms with Crippen LogP contribution < -0.4 is 5.32 Å². The Hall–Kier alpha value is -1.70. The molecule has 3 rings (SSSR count). The molecule has 0 aliphatic carbocycles. The van der Waals surface area contributed by atoms with Crippen molar-refractivity contribution in [3.8, 4) is 0 Å². The van der Waals surface area contributed by atoms with E-state index in [1.54, 1.807) is 24.3 Å². The Balaban J connectivity index is 1.76. The fourth-order valence-corrected chi connectivity index (χ4v) is 8.29. The van der Waals surface area contributed by atoms with Gasteiger partial charge in [0, 0.05) is 6.04 Å². The van der Waals surface area contributed by atoms with Gasteiger partial charge < -0.3 is 5.32 Å². The van der Waals surface area contributed by atoms with E-state index in [-0.39, 0.29) is 16.4 Å². The molecule has 28 heavy (non-hydrogen) atoms. The number of rotatable bonds is 7.